The maximum atomic E-state index is 12.9. The lowest BCUT2D eigenvalue weighted by atomic mass is 10.1. The Kier molecular flexibility index (Phi) is 4.56. The van der Waals surface area contributed by atoms with Gasteiger partial charge in [-0.1, -0.05) is 0 Å². The highest BCUT2D eigenvalue weighted by Crippen LogP contribution is 2.28. The molecule has 0 unspecified atom stereocenters. The molecule has 2 aliphatic rings. The summed E-state index contributed by atoms with van der Waals surface area (Å²) in [5, 5.41) is 1.50. The van der Waals surface area contributed by atoms with Crippen molar-refractivity contribution >= 4 is 39.1 Å². The first kappa shape index (κ1) is 17.8. The van der Waals surface area contributed by atoms with Crippen molar-refractivity contribution in [3.8, 4) is 0 Å². The molecule has 1 aromatic heterocycles. The molecule has 0 N–H and O–H groups in total. The number of carbonyl (C=O) groups is 3. The topological polar surface area (TPSA) is 104 Å². The summed E-state index contributed by atoms with van der Waals surface area (Å²) in [6.07, 6.45) is 0. The zero-order chi connectivity index (χ0) is 18.4. The molecule has 3 rings (SSSR count). The molecule has 136 valence electrons. The summed E-state index contributed by atoms with van der Waals surface area (Å²) in [5.41, 5.74) is 0. The van der Waals surface area contributed by atoms with E-state index >= 15 is 0 Å². The molecule has 1 atom stereocenters. The van der Waals surface area contributed by atoms with Crippen LogP contribution in [0.3, 0.4) is 0 Å². The molecular weight excluding hydrogens is 370 g/mol. The van der Waals surface area contributed by atoms with Gasteiger partial charge in [0.25, 0.3) is 0 Å². The fraction of sp³-hybridized carbons (Fsp3) is 0.500. The number of sulfonamides is 1. The number of thiophene rings is 1. The highest BCUT2D eigenvalue weighted by atomic mass is 32.2. The minimum absolute atomic E-state index is 0.000890. The number of hydrogen-bond acceptors (Lipinski definition) is 7. The van der Waals surface area contributed by atoms with Crippen LogP contribution in [0.1, 0.15) is 9.67 Å². The number of esters is 1. The third-order valence-corrected chi connectivity index (χ3v) is 7.25. The number of ether oxygens (including phenoxy) is 1. The Morgan fingerprint density at radius 2 is 2.04 bits per heavy atom. The molecule has 3 heterocycles. The summed E-state index contributed by atoms with van der Waals surface area (Å²) >= 11 is 0.977. The van der Waals surface area contributed by atoms with E-state index in [1.54, 1.807) is 0 Å². The smallest absolute Gasteiger partial charge is 0.349 e. The van der Waals surface area contributed by atoms with Gasteiger partial charge in [-0.3, -0.25) is 9.59 Å². The van der Waals surface area contributed by atoms with E-state index < -0.39 is 22.0 Å². The lowest BCUT2D eigenvalue weighted by Gasteiger charge is -2.44. The van der Waals surface area contributed by atoms with E-state index in [0.29, 0.717) is 0 Å². The highest BCUT2D eigenvalue weighted by molar-refractivity contribution is 7.89. The standard InChI is InChI=1S/C14H17N3O6S2/c1-15-8-11(18)17-5-4-16(7-9(17)13(15)19)25(21,22)10-3-6-24-12(10)14(20)23-2/h3,6,9H,4-5,7-8H2,1-2H3/t9-/m1/s1. The lowest BCUT2D eigenvalue weighted by molar-refractivity contribution is -0.156. The monoisotopic (exact) mass is 387 g/mol. The van der Waals surface area contributed by atoms with Gasteiger partial charge < -0.3 is 14.5 Å². The molecule has 9 nitrogen and oxygen atoms in total. The number of likely N-dealkylation sites (N-methyl/N-ethyl adjacent to an activating group) is 1. The lowest BCUT2D eigenvalue weighted by Crippen LogP contribution is -2.66. The average Bonchev–Trinajstić information content (AvgIpc) is 3.09. The second kappa shape index (κ2) is 6.39. The molecular formula is C14H17N3O6S2. The van der Waals surface area contributed by atoms with Gasteiger partial charge in [-0.2, -0.15) is 4.31 Å². The van der Waals surface area contributed by atoms with Gasteiger partial charge in [0, 0.05) is 26.7 Å². The first-order chi connectivity index (χ1) is 11.8. The Bertz CT molecular complexity index is 833. The van der Waals surface area contributed by atoms with E-state index in [-0.39, 0.29) is 47.8 Å². The van der Waals surface area contributed by atoms with Crippen LogP contribution in [0.25, 0.3) is 0 Å². The average molecular weight is 387 g/mol. The quantitative estimate of drug-likeness (QED) is 0.630. The van der Waals surface area contributed by atoms with Gasteiger partial charge in [-0.05, 0) is 11.4 Å². The predicted octanol–water partition coefficient (Wildman–Crippen LogP) is -0.792. The fourth-order valence-electron chi connectivity index (χ4n) is 2.99. The first-order valence-corrected chi connectivity index (χ1v) is 9.79. The van der Waals surface area contributed by atoms with E-state index in [4.69, 9.17) is 0 Å². The van der Waals surface area contributed by atoms with Crippen LogP contribution < -0.4 is 0 Å². The maximum Gasteiger partial charge on any atom is 0.349 e. The molecule has 0 aromatic carbocycles. The summed E-state index contributed by atoms with van der Waals surface area (Å²) in [6, 6.07) is 0.508. The van der Waals surface area contributed by atoms with Crippen molar-refractivity contribution < 1.29 is 27.5 Å². The van der Waals surface area contributed by atoms with Crippen molar-refractivity contribution in [2.24, 2.45) is 0 Å². The number of methoxy groups -OCH3 is 1. The number of amides is 2. The number of hydrogen-bond donors (Lipinski definition) is 0. The second-order valence-electron chi connectivity index (χ2n) is 5.77. The molecule has 25 heavy (non-hydrogen) atoms. The van der Waals surface area contributed by atoms with Crippen molar-refractivity contribution in [3.05, 3.63) is 16.3 Å². The van der Waals surface area contributed by atoms with Crippen LogP contribution in [0.15, 0.2) is 16.3 Å². The van der Waals surface area contributed by atoms with Crippen molar-refractivity contribution in [3.63, 3.8) is 0 Å². The van der Waals surface area contributed by atoms with Crippen LogP contribution in [-0.4, -0.2) is 86.7 Å². The van der Waals surface area contributed by atoms with Gasteiger partial charge in [-0.15, -0.1) is 11.3 Å². The Hall–Kier alpha value is -1.98. The zero-order valence-electron chi connectivity index (χ0n) is 13.7. The van der Waals surface area contributed by atoms with Gasteiger partial charge in [0.05, 0.1) is 13.7 Å². The summed E-state index contributed by atoms with van der Waals surface area (Å²) in [6.45, 7) is 0.0742. The van der Waals surface area contributed by atoms with Crippen LogP contribution in [0.2, 0.25) is 0 Å². The van der Waals surface area contributed by atoms with Crippen LogP contribution >= 0.6 is 11.3 Å². The second-order valence-corrected chi connectivity index (χ2v) is 8.59. The van der Waals surface area contributed by atoms with Crippen molar-refractivity contribution in [1.29, 1.82) is 0 Å². The molecule has 0 radical (unpaired) electrons. The summed E-state index contributed by atoms with van der Waals surface area (Å²) in [7, 11) is -1.29. The van der Waals surface area contributed by atoms with Crippen molar-refractivity contribution in [2.45, 2.75) is 10.9 Å². The third kappa shape index (κ3) is 2.92. The van der Waals surface area contributed by atoms with Crippen LogP contribution in [-0.2, 0) is 24.3 Å². The van der Waals surface area contributed by atoms with E-state index in [1.807, 2.05) is 0 Å². The molecule has 2 saturated heterocycles. The van der Waals surface area contributed by atoms with Crippen LogP contribution in [0, 0.1) is 0 Å². The number of piperazine rings is 2. The molecule has 0 bridgehead atoms. The summed E-state index contributed by atoms with van der Waals surface area (Å²) in [5.74, 6) is -1.22. The fourth-order valence-corrected chi connectivity index (χ4v) is 5.74. The molecule has 11 heteroatoms. The Morgan fingerprint density at radius 1 is 1.32 bits per heavy atom. The van der Waals surface area contributed by atoms with Crippen LogP contribution in [0.4, 0.5) is 0 Å². The highest BCUT2D eigenvalue weighted by Gasteiger charge is 2.44. The third-order valence-electron chi connectivity index (χ3n) is 4.31. The molecule has 2 amide bonds. The maximum absolute atomic E-state index is 12.9. The van der Waals surface area contributed by atoms with E-state index in [1.165, 1.54) is 35.4 Å². The van der Waals surface area contributed by atoms with Crippen LogP contribution in [0.5, 0.6) is 0 Å². The number of rotatable bonds is 3. The summed E-state index contributed by atoms with van der Waals surface area (Å²) < 4.78 is 31.6. The number of fused-ring (bicyclic) bond motifs is 1. The Morgan fingerprint density at radius 3 is 2.72 bits per heavy atom. The normalized spacial score (nSPS) is 22.1. The number of nitrogens with zero attached hydrogens (tertiary/aromatic N) is 3. The minimum atomic E-state index is -3.98. The Balaban J connectivity index is 1.90. The molecule has 0 saturated carbocycles. The van der Waals surface area contributed by atoms with Crippen molar-refractivity contribution in [2.75, 3.05) is 40.3 Å². The van der Waals surface area contributed by atoms with Gasteiger partial charge in [-0.25, -0.2) is 13.2 Å². The van der Waals surface area contributed by atoms with Gasteiger partial charge in [0.1, 0.15) is 15.8 Å². The molecule has 2 fully saturated rings. The zero-order valence-corrected chi connectivity index (χ0v) is 15.3. The van der Waals surface area contributed by atoms with E-state index in [0.717, 1.165) is 15.6 Å². The van der Waals surface area contributed by atoms with E-state index in [2.05, 4.69) is 4.74 Å². The largest absolute Gasteiger partial charge is 0.465 e. The van der Waals surface area contributed by atoms with Gasteiger partial charge in [0.15, 0.2) is 0 Å². The Labute approximate surface area is 148 Å². The van der Waals surface area contributed by atoms with Crippen molar-refractivity contribution in [1.82, 2.24) is 14.1 Å². The number of carbonyl (C=O) groups excluding carboxylic acids is 3. The first-order valence-electron chi connectivity index (χ1n) is 7.47. The SMILES string of the molecule is COC(=O)c1sccc1S(=O)(=O)N1CCN2C(=O)CN(C)C(=O)[C@H]2C1. The predicted molar refractivity (Wildman–Crippen MR) is 87.6 cm³/mol. The molecule has 2 aliphatic heterocycles. The molecule has 0 aliphatic carbocycles. The molecule has 1 aromatic rings. The van der Waals surface area contributed by atoms with Gasteiger partial charge >= 0.3 is 5.97 Å². The molecule has 0 spiro atoms. The van der Waals surface area contributed by atoms with Gasteiger partial charge in [0.2, 0.25) is 21.8 Å². The minimum Gasteiger partial charge on any atom is -0.465 e. The summed E-state index contributed by atoms with van der Waals surface area (Å²) in [4.78, 5) is 38.7. The van der Waals surface area contributed by atoms with E-state index in [9.17, 15) is 22.8 Å².